The molecule has 0 atom stereocenters. The first-order chi connectivity index (χ1) is 10.1. The second-order valence-corrected chi connectivity index (χ2v) is 5.84. The molecule has 1 amide bonds. The van der Waals surface area contributed by atoms with Gasteiger partial charge in [-0.2, -0.15) is 0 Å². The minimum Gasteiger partial charge on any atom is -0.497 e. The molecule has 1 heterocycles. The summed E-state index contributed by atoms with van der Waals surface area (Å²) < 4.78 is 10.9. The van der Waals surface area contributed by atoms with E-state index in [0.717, 1.165) is 5.56 Å². The number of hydrogen-bond acceptors (Lipinski definition) is 6. The lowest BCUT2D eigenvalue weighted by atomic mass is 10.1. The number of rotatable bonds is 5. The van der Waals surface area contributed by atoms with E-state index in [9.17, 15) is 4.79 Å². The van der Waals surface area contributed by atoms with Crippen LogP contribution in [0.2, 0.25) is 0 Å². The number of aliphatic hydroxyl groups is 1. The van der Waals surface area contributed by atoms with Crippen LogP contribution >= 0.6 is 24.0 Å². The van der Waals surface area contributed by atoms with Gasteiger partial charge < -0.3 is 14.6 Å². The third-order valence-corrected chi connectivity index (χ3v) is 4.30. The minimum atomic E-state index is -0.205. The molecule has 1 aromatic rings. The van der Waals surface area contributed by atoms with E-state index >= 15 is 0 Å². The molecule has 1 fully saturated rings. The first-order valence-corrected chi connectivity index (χ1v) is 7.41. The quantitative estimate of drug-likeness (QED) is 0.659. The number of thiocarbonyl (C=S) groups is 1. The number of amides is 1. The van der Waals surface area contributed by atoms with Gasteiger partial charge in [0.25, 0.3) is 5.91 Å². The Hall–Kier alpha value is -1.57. The summed E-state index contributed by atoms with van der Waals surface area (Å²) in [4.78, 5) is 14.1. The number of benzene rings is 1. The zero-order chi connectivity index (χ0) is 15.4. The van der Waals surface area contributed by atoms with E-state index in [0.29, 0.717) is 20.7 Å². The molecule has 5 nitrogen and oxygen atoms in total. The van der Waals surface area contributed by atoms with Gasteiger partial charge in [-0.05, 0) is 24.3 Å². The van der Waals surface area contributed by atoms with Crippen LogP contribution < -0.4 is 9.47 Å². The van der Waals surface area contributed by atoms with Gasteiger partial charge in [0, 0.05) is 5.56 Å². The van der Waals surface area contributed by atoms with Crippen LogP contribution in [0, 0.1) is 0 Å². The van der Waals surface area contributed by atoms with Crippen molar-refractivity contribution in [3.05, 3.63) is 28.7 Å². The Kier molecular flexibility index (Phi) is 5.22. The van der Waals surface area contributed by atoms with Crippen LogP contribution in [0.4, 0.5) is 0 Å². The molecule has 0 unspecified atom stereocenters. The van der Waals surface area contributed by atoms with E-state index < -0.39 is 0 Å². The number of nitrogens with zero attached hydrogens (tertiary/aromatic N) is 1. The Balaban J connectivity index is 2.35. The summed E-state index contributed by atoms with van der Waals surface area (Å²) in [5.74, 6) is 1.11. The highest BCUT2D eigenvalue weighted by molar-refractivity contribution is 8.26. The van der Waals surface area contributed by atoms with Crippen LogP contribution in [0.15, 0.2) is 23.1 Å². The van der Waals surface area contributed by atoms with Gasteiger partial charge in [-0.15, -0.1) is 0 Å². The lowest BCUT2D eigenvalue weighted by Crippen LogP contribution is -2.30. The van der Waals surface area contributed by atoms with Crippen molar-refractivity contribution >= 4 is 40.3 Å². The molecule has 7 heteroatoms. The summed E-state index contributed by atoms with van der Waals surface area (Å²) in [5.41, 5.74) is 0.737. The largest absolute Gasteiger partial charge is 0.497 e. The van der Waals surface area contributed by atoms with Gasteiger partial charge in [-0.25, -0.2) is 0 Å². The van der Waals surface area contributed by atoms with Crippen molar-refractivity contribution in [3.8, 4) is 11.5 Å². The Bertz CT molecular complexity index is 601. The van der Waals surface area contributed by atoms with Gasteiger partial charge in [0.1, 0.15) is 15.8 Å². The van der Waals surface area contributed by atoms with Crippen LogP contribution in [0.3, 0.4) is 0 Å². The number of carbonyl (C=O) groups is 1. The maximum absolute atomic E-state index is 12.2. The summed E-state index contributed by atoms with van der Waals surface area (Å²) in [5, 5.41) is 8.97. The Morgan fingerprint density at radius 3 is 2.76 bits per heavy atom. The van der Waals surface area contributed by atoms with E-state index in [-0.39, 0.29) is 19.1 Å². The number of thioether (sulfide) groups is 1. The molecule has 1 aromatic carbocycles. The number of ether oxygens (including phenoxy) is 2. The molecular formula is C14H15NO4S2. The predicted molar refractivity (Wildman–Crippen MR) is 86.5 cm³/mol. The maximum atomic E-state index is 12.2. The van der Waals surface area contributed by atoms with Crippen LogP contribution in [-0.2, 0) is 4.79 Å². The average Bonchev–Trinajstić information content (AvgIpc) is 2.75. The number of β-amino-alcohol motifs (C(OH)–C–C–N with tert-alkyl or cyclic N) is 1. The maximum Gasteiger partial charge on any atom is 0.266 e. The van der Waals surface area contributed by atoms with Crippen molar-refractivity contribution in [2.75, 3.05) is 27.4 Å². The summed E-state index contributed by atoms with van der Waals surface area (Å²) in [6.07, 6.45) is 1.72. The first-order valence-electron chi connectivity index (χ1n) is 6.19. The third kappa shape index (κ3) is 3.37. The fourth-order valence-electron chi connectivity index (χ4n) is 1.89. The van der Waals surface area contributed by atoms with Crippen LogP contribution in [0.25, 0.3) is 6.08 Å². The highest BCUT2D eigenvalue weighted by Crippen LogP contribution is 2.35. The van der Waals surface area contributed by atoms with Crippen LogP contribution in [0.1, 0.15) is 5.56 Å². The highest BCUT2D eigenvalue weighted by atomic mass is 32.2. The van der Waals surface area contributed by atoms with Crippen molar-refractivity contribution in [3.63, 3.8) is 0 Å². The molecule has 0 aliphatic carbocycles. The van der Waals surface area contributed by atoms with Gasteiger partial charge in [0.15, 0.2) is 0 Å². The second-order valence-electron chi connectivity index (χ2n) is 4.16. The van der Waals surface area contributed by atoms with Crippen molar-refractivity contribution < 1.29 is 19.4 Å². The van der Waals surface area contributed by atoms with Gasteiger partial charge in [0.05, 0.1) is 32.3 Å². The van der Waals surface area contributed by atoms with E-state index in [2.05, 4.69) is 0 Å². The van der Waals surface area contributed by atoms with Crippen molar-refractivity contribution in [1.82, 2.24) is 4.90 Å². The molecule has 0 bridgehead atoms. The topological polar surface area (TPSA) is 59.0 Å². The molecule has 1 aliphatic heterocycles. The number of methoxy groups -OCH3 is 2. The highest BCUT2D eigenvalue weighted by Gasteiger charge is 2.31. The zero-order valence-corrected chi connectivity index (χ0v) is 13.3. The van der Waals surface area contributed by atoms with Crippen LogP contribution in [-0.4, -0.2) is 47.6 Å². The molecule has 0 spiro atoms. The van der Waals surface area contributed by atoms with Gasteiger partial charge in [-0.3, -0.25) is 9.69 Å². The Morgan fingerprint density at radius 2 is 2.14 bits per heavy atom. The molecule has 1 saturated heterocycles. The van der Waals surface area contributed by atoms with E-state index in [1.54, 1.807) is 38.5 Å². The second kappa shape index (κ2) is 6.93. The normalized spacial score (nSPS) is 16.7. The predicted octanol–water partition coefficient (Wildman–Crippen LogP) is 1.90. The Morgan fingerprint density at radius 1 is 1.38 bits per heavy atom. The van der Waals surface area contributed by atoms with Crippen molar-refractivity contribution in [2.45, 2.75) is 0 Å². The fourth-order valence-corrected chi connectivity index (χ4v) is 3.19. The van der Waals surface area contributed by atoms with Gasteiger partial charge >= 0.3 is 0 Å². The van der Waals surface area contributed by atoms with Crippen molar-refractivity contribution in [2.24, 2.45) is 0 Å². The van der Waals surface area contributed by atoms with E-state index in [1.807, 2.05) is 0 Å². The molecule has 1 aliphatic rings. The summed E-state index contributed by atoms with van der Waals surface area (Å²) in [7, 11) is 3.14. The molecule has 0 radical (unpaired) electrons. The fraction of sp³-hybridized carbons (Fsp3) is 0.286. The standard InChI is InChI=1S/C14H15NO4S2/c1-18-10-3-4-11(19-2)9(7-10)8-12-13(17)15(5-6-16)14(20)21-12/h3-4,7-8,16H,5-6H2,1-2H3/b12-8-. The minimum absolute atomic E-state index is 0.123. The van der Waals surface area contributed by atoms with Crippen molar-refractivity contribution in [1.29, 1.82) is 0 Å². The lowest BCUT2D eigenvalue weighted by Gasteiger charge is -2.11. The van der Waals surface area contributed by atoms with E-state index in [4.69, 9.17) is 26.8 Å². The first kappa shape index (κ1) is 15.8. The summed E-state index contributed by atoms with van der Waals surface area (Å²) in [6.45, 7) is 0.0828. The lowest BCUT2D eigenvalue weighted by molar-refractivity contribution is -0.122. The monoisotopic (exact) mass is 325 g/mol. The molecule has 0 aromatic heterocycles. The zero-order valence-electron chi connectivity index (χ0n) is 11.7. The van der Waals surface area contributed by atoms with E-state index in [1.165, 1.54) is 16.7 Å². The summed E-state index contributed by atoms with van der Waals surface area (Å²) >= 11 is 6.36. The SMILES string of the molecule is COc1ccc(OC)c(/C=C2\SC(=S)N(CCO)C2=O)c1. The average molecular weight is 325 g/mol. The molecule has 2 rings (SSSR count). The number of carbonyl (C=O) groups excluding carboxylic acids is 1. The van der Waals surface area contributed by atoms with Gasteiger partial charge in [-0.1, -0.05) is 24.0 Å². The molecular weight excluding hydrogens is 310 g/mol. The molecule has 21 heavy (non-hydrogen) atoms. The Labute approximate surface area is 132 Å². The third-order valence-electron chi connectivity index (χ3n) is 2.92. The molecule has 1 N–H and O–H groups in total. The molecule has 0 saturated carbocycles. The summed E-state index contributed by atoms with van der Waals surface area (Å²) in [6, 6.07) is 5.35. The van der Waals surface area contributed by atoms with Gasteiger partial charge in [0.2, 0.25) is 0 Å². The number of hydrogen-bond donors (Lipinski definition) is 1. The van der Waals surface area contributed by atoms with Crippen LogP contribution in [0.5, 0.6) is 11.5 Å². The smallest absolute Gasteiger partial charge is 0.266 e. The molecule has 112 valence electrons. The number of aliphatic hydroxyl groups excluding tert-OH is 1.